The van der Waals surface area contributed by atoms with Gasteiger partial charge >= 0.3 is 5.97 Å². The summed E-state index contributed by atoms with van der Waals surface area (Å²) in [4.78, 5) is 15.4. The van der Waals surface area contributed by atoms with Crippen LogP contribution in [0.25, 0.3) is 0 Å². The summed E-state index contributed by atoms with van der Waals surface area (Å²) >= 11 is 5.84. The molecule has 0 aliphatic carbocycles. The quantitative estimate of drug-likeness (QED) is 0.512. The minimum absolute atomic E-state index is 0.233. The minimum Gasteiger partial charge on any atom is -0.492 e. The van der Waals surface area contributed by atoms with E-state index in [1.807, 2.05) is 24.3 Å². The van der Waals surface area contributed by atoms with Crippen molar-refractivity contribution in [3.8, 4) is 5.75 Å². The fourth-order valence-electron chi connectivity index (χ4n) is 2.29. The van der Waals surface area contributed by atoms with E-state index in [1.54, 1.807) is 0 Å². The number of halogens is 1. The fourth-order valence-corrected chi connectivity index (χ4v) is 2.41. The van der Waals surface area contributed by atoms with Crippen LogP contribution in [-0.4, -0.2) is 62.3 Å². The van der Waals surface area contributed by atoms with Crippen molar-refractivity contribution in [2.45, 2.75) is 6.42 Å². The highest BCUT2D eigenvalue weighted by Gasteiger charge is 2.11. The Balaban J connectivity index is 1.52. The number of esters is 1. The molecule has 0 unspecified atom stereocenters. The zero-order valence-electron chi connectivity index (χ0n) is 13.9. The van der Waals surface area contributed by atoms with Crippen LogP contribution in [0.5, 0.6) is 5.75 Å². The molecule has 0 amide bonds. The molecule has 1 N–H and O–H groups in total. The highest BCUT2D eigenvalue weighted by atomic mass is 35.5. The summed E-state index contributed by atoms with van der Waals surface area (Å²) in [6.45, 7) is 4.32. The maximum Gasteiger partial charge on any atom is 0.319 e. The van der Waals surface area contributed by atoms with E-state index < -0.39 is 0 Å². The molecule has 1 aromatic carbocycles. The molecule has 0 radical (unpaired) electrons. The van der Waals surface area contributed by atoms with Crippen LogP contribution in [0.15, 0.2) is 36.7 Å². The van der Waals surface area contributed by atoms with Crippen molar-refractivity contribution in [1.82, 2.24) is 15.1 Å². The lowest BCUT2D eigenvalue weighted by molar-refractivity contribution is -0.139. The van der Waals surface area contributed by atoms with Crippen LogP contribution in [0.1, 0.15) is 6.42 Å². The second-order valence-corrected chi connectivity index (χ2v) is 5.91. The van der Waals surface area contributed by atoms with Crippen LogP contribution in [0.2, 0.25) is 5.02 Å². The molecule has 0 aromatic heterocycles. The minimum atomic E-state index is -0.233. The second kappa shape index (κ2) is 10.1. The van der Waals surface area contributed by atoms with Crippen molar-refractivity contribution in [2.75, 3.05) is 46.6 Å². The SMILES string of the molecule is COC(=O)CNCCCN1C=CN(CCOc2ccc(Cl)cc2)C1. The Morgan fingerprint density at radius 2 is 1.92 bits per heavy atom. The summed E-state index contributed by atoms with van der Waals surface area (Å²) in [6.07, 6.45) is 5.13. The molecular weight excluding hydrogens is 330 g/mol. The molecule has 0 saturated carbocycles. The predicted octanol–water partition coefficient (Wildman–Crippen LogP) is 1.92. The Morgan fingerprint density at radius 1 is 1.21 bits per heavy atom. The number of rotatable bonds is 10. The summed E-state index contributed by atoms with van der Waals surface area (Å²) in [7, 11) is 1.39. The topological polar surface area (TPSA) is 54.0 Å². The van der Waals surface area contributed by atoms with Crippen LogP contribution in [-0.2, 0) is 9.53 Å². The van der Waals surface area contributed by atoms with Crippen molar-refractivity contribution in [2.24, 2.45) is 0 Å². The van der Waals surface area contributed by atoms with Crippen LogP contribution in [0.4, 0.5) is 0 Å². The molecular formula is C17H24ClN3O3. The molecule has 0 fully saturated rings. The molecule has 1 aliphatic rings. The largest absolute Gasteiger partial charge is 0.492 e. The number of ether oxygens (including phenoxy) is 2. The first-order chi connectivity index (χ1) is 11.7. The number of methoxy groups -OCH3 is 1. The monoisotopic (exact) mass is 353 g/mol. The van der Waals surface area contributed by atoms with Crippen molar-refractivity contribution in [1.29, 1.82) is 0 Å². The Labute approximate surface area is 148 Å². The number of nitrogens with zero attached hydrogens (tertiary/aromatic N) is 2. The first kappa shape index (κ1) is 18.4. The third-order valence-corrected chi connectivity index (χ3v) is 3.86. The zero-order valence-corrected chi connectivity index (χ0v) is 14.7. The molecule has 1 aromatic rings. The summed E-state index contributed by atoms with van der Waals surface area (Å²) in [5.74, 6) is 0.596. The van der Waals surface area contributed by atoms with E-state index >= 15 is 0 Å². The molecule has 0 spiro atoms. The van der Waals surface area contributed by atoms with Gasteiger partial charge in [0.1, 0.15) is 12.4 Å². The Kier molecular flexibility index (Phi) is 7.71. The van der Waals surface area contributed by atoms with Crippen molar-refractivity contribution >= 4 is 17.6 Å². The number of benzene rings is 1. The number of carbonyl (C=O) groups is 1. The maximum absolute atomic E-state index is 11.0. The third kappa shape index (κ3) is 6.68. The van der Waals surface area contributed by atoms with Crippen molar-refractivity contribution in [3.05, 3.63) is 41.7 Å². The van der Waals surface area contributed by atoms with Gasteiger partial charge in [-0.15, -0.1) is 0 Å². The van der Waals surface area contributed by atoms with Gasteiger partial charge < -0.3 is 24.6 Å². The van der Waals surface area contributed by atoms with E-state index in [4.69, 9.17) is 16.3 Å². The zero-order chi connectivity index (χ0) is 17.2. The second-order valence-electron chi connectivity index (χ2n) is 5.47. The van der Waals surface area contributed by atoms with Crippen LogP contribution >= 0.6 is 11.6 Å². The summed E-state index contributed by atoms with van der Waals surface area (Å²) in [6, 6.07) is 7.39. The lowest BCUT2D eigenvalue weighted by Gasteiger charge is -2.21. The van der Waals surface area contributed by atoms with Gasteiger partial charge in [0.25, 0.3) is 0 Å². The lowest BCUT2D eigenvalue weighted by atomic mass is 10.3. The lowest BCUT2D eigenvalue weighted by Crippen LogP contribution is -2.31. The number of hydrogen-bond donors (Lipinski definition) is 1. The molecule has 1 heterocycles. The van der Waals surface area contributed by atoms with E-state index in [-0.39, 0.29) is 12.5 Å². The molecule has 24 heavy (non-hydrogen) atoms. The van der Waals surface area contributed by atoms with Gasteiger partial charge in [0.15, 0.2) is 0 Å². The Bertz CT molecular complexity index is 536. The average molecular weight is 354 g/mol. The standard InChI is InChI=1S/C17H24ClN3O3/c1-23-17(22)13-19-7-2-8-20-9-10-21(14-20)11-12-24-16-5-3-15(18)4-6-16/h3-6,9-10,19H,2,7-8,11-14H2,1H3. The van der Waals surface area contributed by atoms with Crippen LogP contribution < -0.4 is 10.1 Å². The number of nitrogens with one attached hydrogen (secondary N) is 1. The van der Waals surface area contributed by atoms with Gasteiger partial charge in [-0.3, -0.25) is 4.79 Å². The van der Waals surface area contributed by atoms with Crippen molar-refractivity contribution in [3.63, 3.8) is 0 Å². The van der Waals surface area contributed by atoms with Gasteiger partial charge in [0.2, 0.25) is 0 Å². The van der Waals surface area contributed by atoms with Gasteiger partial charge in [-0.2, -0.15) is 0 Å². The molecule has 7 heteroatoms. The molecule has 0 saturated heterocycles. The van der Waals surface area contributed by atoms with E-state index in [0.29, 0.717) is 11.6 Å². The van der Waals surface area contributed by atoms with Gasteiger partial charge in [-0.25, -0.2) is 0 Å². The summed E-state index contributed by atoms with van der Waals surface area (Å²) < 4.78 is 10.3. The van der Waals surface area contributed by atoms with Gasteiger partial charge in [-0.05, 0) is 37.2 Å². The highest BCUT2D eigenvalue weighted by Crippen LogP contribution is 2.15. The highest BCUT2D eigenvalue weighted by molar-refractivity contribution is 6.30. The number of carbonyl (C=O) groups excluding carboxylic acids is 1. The average Bonchev–Trinajstić information content (AvgIpc) is 3.04. The first-order valence-corrected chi connectivity index (χ1v) is 8.37. The molecule has 0 bridgehead atoms. The maximum atomic E-state index is 11.0. The fraction of sp³-hybridized carbons (Fsp3) is 0.471. The van der Waals surface area contributed by atoms with Gasteiger partial charge in [-0.1, -0.05) is 11.6 Å². The summed E-state index contributed by atoms with van der Waals surface area (Å²) in [5.41, 5.74) is 0. The van der Waals surface area contributed by atoms with E-state index in [1.165, 1.54) is 7.11 Å². The first-order valence-electron chi connectivity index (χ1n) is 7.99. The third-order valence-electron chi connectivity index (χ3n) is 3.61. The molecule has 6 nitrogen and oxygen atoms in total. The molecule has 132 valence electrons. The smallest absolute Gasteiger partial charge is 0.319 e. The molecule has 2 rings (SSSR count). The molecule has 0 atom stereocenters. The van der Waals surface area contributed by atoms with E-state index in [2.05, 4.69) is 32.3 Å². The van der Waals surface area contributed by atoms with Crippen LogP contribution in [0, 0.1) is 0 Å². The van der Waals surface area contributed by atoms with Crippen molar-refractivity contribution < 1.29 is 14.3 Å². The normalized spacial score (nSPS) is 13.4. The van der Waals surface area contributed by atoms with E-state index in [0.717, 1.165) is 38.5 Å². The van der Waals surface area contributed by atoms with E-state index in [9.17, 15) is 4.79 Å². The van der Waals surface area contributed by atoms with Crippen LogP contribution in [0.3, 0.4) is 0 Å². The summed E-state index contributed by atoms with van der Waals surface area (Å²) in [5, 5.41) is 3.77. The Hall–Kier alpha value is -1.92. The Morgan fingerprint density at radius 3 is 2.62 bits per heavy atom. The van der Waals surface area contributed by atoms with Gasteiger partial charge in [0.05, 0.1) is 26.9 Å². The predicted molar refractivity (Wildman–Crippen MR) is 93.9 cm³/mol. The van der Waals surface area contributed by atoms with Gasteiger partial charge in [0, 0.05) is 24.0 Å². The molecule has 1 aliphatic heterocycles. The number of hydrogen-bond acceptors (Lipinski definition) is 6.